The van der Waals surface area contributed by atoms with Crippen molar-refractivity contribution in [3.8, 4) is 11.6 Å². The van der Waals surface area contributed by atoms with Crippen molar-refractivity contribution in [3.05, 3.63) is 40.1 Å². The Morgan fingerprint density at radius 1 is 1.57 bits per heavy atom. The molecule has 0 aliphatic heterocycles. The number of aliphatic hydroxyl groups excluding tert-OH is 1. The molecule has 0 amide bonds. The second-order valence-electron chi connectivity index (χ2n) is 4.20. The number of aliphatic hydroxyl groups is 1. The van der Waals surface area contributed by atoms with E-state index >= 15 is 0 Å². The van der Waals surface area contributed by atoms with Gasteiger partial charge in [-0.3, -0.25) is 15.1 Å². The van der Waals surface area contributed by atoms with Crippen molar-refractivity contribution in [3.63, 3.8) is 0 Å². The number of halogens is 1. The number of nitrogens with zero attached hydrogens (tertiary/aromatic N) is 4. The Kier molecular flexibility index (Phi) is 4.43. The lowest BCUT2D eigenvalue weighted by molar-refractivity contribution is -0.385. The molecule has 2 heterocycles. The van der Waals surface area contributed by atoms with E-state index in [9.17, 15) is 14.5 Å². The molecule has 2 aromatic heterocycles. The average Bonchev–Trinajstić information content (AvgIpc) is 2.86. The first-order valence-corrected chi connectivity index (χ1v) is 6.13. The highest BCUT2D eigenvalue weighted by Crippen LogP contribution is 2.27. The molecule has 0 aromatic carbocycles. The van der Waals surface area contributed by atoms with Crippen molar-refractivity contribution in [1.29, 1.82) is 0 Å². The molecule has 9 heteroatoms. The second kappa shape index (κ2) is 6.27. The van der Waals surface area contributed by atoms with Crippen LogP contribution in [0.4, 0.5) is 10.1 Å². The van der Waals surface area contributed by atoms with E-state index in [1.165, 1.54) is 6.07 Å². The van der Waals surface area contributed by atoms with Gasteiger partial charge in [0.05, 0.1) is 29.1 Å². The minimum atomic E-state index is -0.639. The van der Waals surface area contributed by atoms with Gasteiger partial charge in [0.25, 0.3) is 0 Å². The first-order valence-electron chi connectivity index (χ1n) is 6.13. The summed E-state index contributed by atoms with van der Waals surface area (Å²) in [5.74, 6) is -0.756. The molecular weight excluding hydrogens is 283 g/mol. The van der Waals surface area contributed by atoms with Gasteiger partial charge in [0.2, 0.25) is 0 Å². The lowest BCUT2D eigenvalue weighted by atomic mass is 10.3. The fourth-order valence-corrected chi connectivity index (χ4v) is 1.66. The summed E-state index contributed by atoms with van der Waals surface area (Å²) in [5.41, 5.74) is 0.419. The van der Waals surface area contributed by atoms with E-state index < -0.39 is 10.7 Å². The molecule has 0 unspecified atom stereocenters. The Bertz CT molecular complexity index is 659. The van der Waals surface area contributed by atoms with E-state index in [-0.39, 0.29) is 30.5 Å². The normalized spacial score (nSPS) is 10.6. The molecule has 1 N–H and O–H groups in total. The van der Waals surface area contributed by atoms with Crippen LogP contribution in [-0.2, 0) is 0 Å². The number of ether oxygens (including phenoxy) is 1. The number of nitro groups is 1. The standard InChI is InChI=1S/C12H13FN4O4/c1-8-10(5-9(13)6-14-8)16-7-11(17(19)20)12(15-16)21-4-2-3-18/h5-7,18H,2-4H2,1H3. The average molecular weight is 296 g/mol. The first-order chi connectivity index (χ1) is 10.0. The van der Waals surface area contributed by atoms with E-state index in [1.807, 2.05) is 0 Å². The third-order valence-electron chi connectivity index (χ3n) is 2.67. The quantitative estimate of drug-likeness (QED) is 0.490. The summed E-state index contributed by atoms with van der Waals surface area (Å²) in [6, 6.07) is 1.18. The Balaban J connectivity index is 2.38. The van der Waals surface area contributed by atoms with Crippen molar-refractivity contribution in [2.24, 2.45) is 0 Å². The molecule has 112 valence electrons. The minimum Gasteiger partial charge on any atom is -0.472 e. The van der Waals surface area contributed by atoms with Crippen LogP contribution < -0.4 is 4.74 Å². The maximum Gasteiger partial charge on any atom is 0.350 e. The number of aryl methyl sites for hydroxylation is 1. The van der Waals surface area contributed by atoms with Crippen LogP contribution in [0.1, 0.15) is 12.1 Å². The van der Waals surface area contributed by atoms with Gasteiger partial charge in [0.15, 0.2) is 0 Å². The maximum atomic E-state index is 13.3. The summed E-state index contributed by atoms with van der Waals surface area (Å²) < 4.78 is 19.6. The lowest BCUT2D eigenvalue weighted by Gasteiger charge is -2.04. The highest BCUT2D eigenvalue weighted by Gasteiger charge is 2.22. The van der Waals surface area contributed by atoms with Gasteiger partial charge >= 0.3 is 11.6 Å². The monoisotopic (exact) mass is 296 g/mol. The van der Waals surface area contributed by atoms with Crippen molar-refractivity contribution in [2.75, 3.05) is 13.2 Å². The van der Waals surface area contributed by atoms with Gasteiger partial charge in [-0.15, -0.1) is 5.10 Å². The molecule has 0 radical (unpaired) electrons. The highest BCUT2D eigenvalue weighted by molar-refractivity contribution is 5.44. The summed E-state index contributed by atoms with van der Waals surface area (Å²) >= 11 is 0. The molecule has 0 aliphatic carbocycles. The van der Waals surface area contributed by atoms with E-state index in [0.717, 1.165) is 17.1 Å². The van der Waals surface area contributed by atoms with Crippen LogP contribution in [0.15, 0.2) is 18.5 Å². The topological polar surface area (TPSA) is 103 Å². The summed E-state index contributed by atoms with van der Waals surface area (Å²) in [6.07, 6.45) is 2.51. The third kappa shape index (κ3) is 3.31. The molecular formula is C12H13FN4O4. The van der Waals surface area contributed by atoms with Gasteiger partial charge in [0, 0.05) is 19.1 Å². The van der Waals surface area contributed by atoms with Gasteiger partial charge in [-0.05, 0) is 6.92 Å². The second-order valence-corrected chi connectivity index (χ2v) is 4.20. The van der Waals surface area contributed by atoms with E-state index in [4.69, 9.17) is 9.84 Å². The number of rotatable bonds is 6. The summed E-state index contributed by atoms with van der Waals surface area (Å²) in [4.78, 5) is 14.2. The maximum absolute atomic E-state index is 13.3. The van der Waals surface area contributed by atoms with Crippen molar-refractivity contribution < 1.29 is 19.2 Å². The van der Waals surface area contributed by atoms with E-state index in [2.05, 4.69) is 10.1 Å². The molecule has 2 rings (SSSR count). The number of hydrogen-bond donors (Lipinski definition) is 1. The predicted molar refractivity (Wildman–Crippen MR) is 69.9 cm³/mol. The van der Waals surface area contributed by atoms with Gasteiger partial charge in [-0.2, -0.15) is 0 Å². The van der Waals surface area contributed by atoms with Crippen LogP contribution in [0.5, 0.6) is 5.88 Å². The van der Waals surface area contributed by atoms with Crippen LogP contribution in [0.25, 0.3) is 5.69 Å². The van der Waals surface area contributed by atoms with Crippen LogP contribution in [0, 0.1) is 22.9 Å². The molecule has 8 nitrogen and oxygen atoms in total. The largest absolute Gasteiger partial charge is 0.472 e. The molecule has 0 atom stereocenters. The van der Waals surface area contributed by atoms with E-state index in [1.54, 1.807) is 6.92 Å². The van der Waals surface area contributed by atoms with Gasteiger partial charge in [-0.1, -0.05) is 0 Å². The molecule has 0 saturated carbocycles. The zero-order chi connectivity index (χ0) is 15.4. The van der Waals surface area contributed by atoms with Crippen LogP contribution in [0.2, 0.25) is 0 Å². The third-order valence-corrected chi connectivity index (χ3v) is 2.67. The van der Waals surface area contributed by atoms with Crippen molar-refractivity contribution in [2.45, 2.75) is 13.3 Å². The summed E-state index contributed by atoms with van der Waals surface area (Å²) in [7, 11) is 0. The van der Waals surface area contributed by atoms with Crippen LogP contribution in [-0.4, -0.2) is 38.0 Å². The zero-order valence-electron chi connectivity index (χ0n) is 11.2. The SMILES string of the molecule is Cc1ncc(F)cc1-n1cc([N+](=O)[O-])c(OCCCO)n1. The van der Waals surface area contributed by atoms with Gasteiger partial charge in [0.1, 0.15) is 12.0 Å². The molecule has 2 aromatic rings. The fourth-order valence-electron chi connectivity index (χ4n) is 1.66. The molecule has 21 heavy (non-hydrogen) atoms. The minimum absolute atomic E-state index is 0.0920. The van der Waals surface area contributed by atoms with Gasteiger partial charge < -0.3 is 9.84 Å². The summed E-state index contributed by atoms with van der Waals surface area (Å²) in [6.45, 7) is 1.63. The number of hydrogen-bond acceptors (Lipinski definition) is 6. The lowest BCUT2D eigenvalue weighted by Crippen LogP contribution is -2.03. The Labute approximate surface area is 119 Å². The number of pyridine rings is 1. The zero-order valence-corrected chi connectivity index (χ0v) is 11.2. The van der Waals surface area contributed by atoms with E-state index in [0.29, 0.717) is 12.1 Å². The summed E-state index contributed by atoms with van der Waals surface area (Å²) in [5, 5.41) is 23.6. The molecule has 0 aliphatic rings. The fraction of sp³-hybridized carbons (Fsp3) is 0.333. The predicted octanol–water partition coefficient (Wildman–Crippen LogP) is 1.38. The first kappa shape index (κ1) is 14.9. The Morgan fingerprint density at radius 2 is 2.33 bits per heavy atom. The number of aromatic nitrogens is 3. The smallest absolute Gasteiger partial charge is 0.350 e. The molecule has 0 bridgehead atoms. The van der Waals surface area contributed by atoms with Crippen molar-refractivity contribution in [1.82, 2.24) is 14.8 Å². The Morgan fingerprint density at radius 3 is 3.00 bits per heavy atom. The van der Waals surface area contributed by atoms with Crippen molar-refractivity contribution >= 4 is 5.69 Å². The van der Waals surface area contributed by atoms with Crippen LogP contribution in [0.3, 0.4) is 0 Å². The Hall–Kier alpha value is -2.55. The highest BCUT2D eigenvalue weighted by atomic mass is 19.1. The molecule has 0 spiro atoms. The molecule has 0 saturated heterocycles. The van der Waals surface area contributed by atoms with Gasteiger partial charge in [-0.25, -0.2) is 9.07 Å². The van der Waals surface area contributed by atoms with Crippen LogP contribution >= 0.6 is 0 Å². The molecule has 0 fully saturated rings.